The summed E-state index contributed by atoms with van der Waals surface area (Å²) in [5.41, 5.74) is 0. The van der Waals surface area contributed by atoms with E-state index in [2.05, 4.69) is 4.52 Å². The summed E-state index contributed by atoms with van der Waals surface area (Å²) in [7, 11) is -2.70. The molecule has 0 amide bonds. The minimum Gasteiger partial charge on any atom is -0.326 e. The summed E-state index contributed by atoms with van der Waals surface area (Å²) in [6, 6.07) is 0. The SMILES string of the molecule is CCC(CC)CO[PH](=O)O. The van der Waals surface area contributed by atoms with Crippen LogP contribution in [0.3, 0.4) is 0 Å². The van der Waals surface area contributed by atoms with Crippen molar-refractivity contribution < 1.29 is 14.0 Å². The van der Waals surface area contributed by atoms with Gasteiger partial charge in [0.15, 0.2) is 0 Å². The normalized spacial score (nSPS) is 14.0. The van der Waals surface area contributed by atoms with Crippen LogP contribution in [0.5, 0.6) is 0 Å². The van der Waals surface area contributed by atoms with Crippen LogP contribution in [0.15, 0.2) is 0 Å². The molecule has 4 heteroatoms. The topological polar surface area (TPSA) is 46.5 Å². The average molecular weight is 166 g/mol. The first-order chi connectivity index (χ1) is 4.70. The van der Waals surface area contributed by atoms with Gasteiger partial charge in [-0.05, 0) is 5.92 Å². The molecule has 0 aromatic rings. The minimum atomic E-state index is -2.70. The molecular formula is C6H15O3P. The second kappa shape index (κ2) is 5.90. The van der Waals surface area contributed by atoms with Gasteiger partial charge in [0, 0.05) is 0 Å². The maximum atomic E-state index is 10.1. The summed E-state index contributed by atoms with van der Waals surface area (Å²) in [6.07, 6.45) is 2.01. The highest BCUT2D eigenvalue weighted by Gasteiger charge is 2.03. The summed E-state index contributed by atoms with van der Waals surface area (Å²) < 4.78 is 14.7. The number of hydrogen-bond donors (Lipinski definition) is 1. The fourth-order valence-electron chi connectivity index (χ4n) is 0.714. The Labute approximate surface area is 62.3 Å². The van der Waals surface area contributed by atoms with Gasteiger partial charge in [-0.1, -0.05) is 26.7 Å². The van der Waals surface area contributed by atoms with Crippen LogP contribution in [-0.4, -0.2) is 11.5 Å². The lowest BCUT2D eigenvalue weighted by Gasteiger charge is -2.09. The highest BCUT2D eigenvalue weighted by atomic mass is 31.1. The van der Waals surface area contributed by atoms with Crippen LogP contribution in [-0.2, 0) is 9.09 Å². The van der Waals surface area contributed by atoms with Crippen molar-refractivity contribution in [3.63, 3.8) is 0 Å². The first-order valence-electron chi connectivity index (χ1n) is 3.56. The van der Waals surface area contributed by atoms with E-state index >= 15 is 0 Å². The van der Waals surface area contributed by atoms with Crippen molar-refractivity contribution >= 4 is 8.25 Å². The number of rotatable bonds is 5. The molecule has 0 aliphatic heterocycles. The summed E-state index contributed by atoms with van der Waals surface area (Å²) in [5.74, 6) is 0.432. The number of hydrogen-bond acceptors (Lipinski definition) is 2. The Morgan fingerprint density at radius 3 is 2.30 bits per heavy atom. The van der Waals surface area contributed by atoms with Crippen molar-refractivity contribution in [1.29, 1.82) is 0 Å². The van der Waals surface area contributed by atoms with Crippen LogP contribution >= 0.6 is 8.25 Å². The van der Waals surface area contributed by atoms with Crippen molar-refractivity contribution in [2.45, 2.75) is 26.7 Å². The zero-order chi connectivity index (χ0) is 7.98. The molecule has 0 aromatic heterocycles. The highest BCUT2D eigenvalue weighted by Crippen LogP contribution is 2.18. The molecule has 0 saturated heterocycles. The minimum absolute atomic E-state index is 0.418. The molecule has 3 nitrogen and oxygen atoms in total. The molecule has 0 aliphatic rings. The third-order valence-electron chi connectivity index (χ3n) is 1.60. The first kappa shape index (κ1) is 10.2. The van der Waals surface area contributed by atoms with Gasteiger partial charge in [-0.3, -0.25) is 4.57 Å². The molecule has 0 fully saturated rings. The van der Waals surface area contributed by atoms with Crippen LogP contribution in [0.4, 0.5) is 0 Å². The third kappa shape index (κ3) is 4.98. The fourth-order valence-corrected chi connectivity index (χ4v) is 1.09. The van der Waals surface area contributed by atoms with Gasteiger partial charge in [0.05, 0.1) is 6.61 Å². The summed E-state index contributed by atoms with van der Waals surface area (Å²) in [6.45, 7) is 4.51. The summed E-state index contributed by atoms with van der Waals surface area (Å²) in [4.78, 5) is 8.32. The molecule has 1 atom stereocenters. The first-order valence-corrected chi connectivity index (χ1v) is 4.82. The third-order valence-corrected chi connectivity index (χ3v) is 2.01. The lowest BCUT2D eigenvalue weighted by atomic mass is 10.1. The standard InChI is InChI=1S/C6H15O3P/c1-3-6(4-2)5-9-10(7)8/h6,10H,3-5H2,1-2H3,(H,7,8). The van der Waals surface area contributed by atoms with Crippen molar-refractivity contribution in [1.82, 2.24) is 0 Å². The molecule has 0 heterocycles. The molecule has 0 spiro atoms. The molecule has 0 aromatic carbocycles. The zero-order valence-electron chi connectivity index (χ0n) is 6.46. The average Bonchev–Trinajstić information content (AvgIpc) is 1.90. The van der Waals surface area contributed by atoms with Crippen molar-refractivity contribution in [3.8, 4) is 0 Å². The van der Waals surface area contributed by atoms with E-state index in [1.165, 1.54) is 0 Å². The highest BCUT2D eigenvalue weighted by molar-refractivity contribution is 7.32. The second-order valence-corrected chi connectivity index (χ2v) is 3.08. The lowest BCUT2D eigenvalue weighted by molar-refractivity contribution is 0.224. The molecule has 0 saturated carbocycles. The van der Waals surface area contributed by atoms with Gasteiger partial charge in [0.2, 0.25) is 0 Å². The van der Waals surface area contributed by atoms with E-state index < -0.39 is 8.25 Å². The fraction of sp³-hybridized carbons (Fsp3) is 1.00. The Morgan fingerprint density at radius 1 is 1.50 bits per heavy atom. The maximum absolute atomic E-state index is 10.1. The summed E-state index contributed by atoms with van der Waals surface area (Å²) >= 11 is 0. The Balaban J connectivity index is 3.34. The molecule has 1 N–H and O–H groups in total. The molecular weight excluding hydrogens is 151 g/mol. The van der Waals surface area contributed by atoms with Gasteiger partial charge < -0.3 is 9.42 Å². The maximum Gasteiger partial charge on any atom is 0.316 e. The van der Waals surface area contributed by atoms with Crippen LogP contribution in [0, 0.1) is 5.92 Å². The molecule has 0 bridgehead atoms. The largest absolute Gasteiger partial charge is 0.326 e. The zero-order valence-corrected chi connectivity index (χ0v) is 7.46. The molecule has 0 rings (SSSR count). The molecule has 0 radical (unpaired) electrons. The van der Waals surface area contributed by atoms with Gasteiger partial charge in [0.25, 0.3) is 0 Å². The van der Waals surface area contributed by atoms with E-state index in [-0.39, 0.29) is 0 Å². The van der Waals surface area contributed by atoms with Crippen LogP contribution in [0.25, 0.3) is 0 Å². The smallest absolute Gasteiger partial charge is 0.316 e. The summed E-state index contributed by atoms with van der Waals surface area (Å²) in [5, 5.41) is 0. The van der Waals surface area contributed by atoms with Gasteiger partial charge in [0.1, 0.15) is 0 Å². The monoisotopic (exact) mass is 166 g/mol. The van der Waals surface area contributed by atoms with E-state index in [0.29, 0.717) is 12.5 Å². The van der Waals surface area contributed by atoms with E-state index in [4.69, 9.17) is 4.89 Å². The predicted molar refractivity (Wildman–Crippen MR) is 41.2 cm³/mol. The Morgan fingerprint density at radius 2 is 2.00 bits per heavy atom. The van der Waals surface area contributed by atoms with Crippen LogP contribution in [0.2, 0.25) is 0 Å². The quantitative estimate of drug-likeness (QED) is 0.633. The van der Waals surface area contributed by atoms with Gasteiger partial charge in [-0.25, -0.2) is 0 Å². The van der Waals surface area contributed by atoms with Crippen LogP contribution in [0.1, 0.15) is 26.7 Å². The van der Waals surface area contributed by atoms with Gasteiger partial charge >= 0.3 is 8.25 Å². The predicted octanol–water partition coefficient (Wildman–Crippen LogP) is 1.82. The van der Waals surface area contributed by atoms with Gasteiger partial charge in [-0.15, -0.1) is 0 Å². The van der Waals surface area contributed by atoms with Crippen molar-refractivity contribution in [2.75, 3.05) is 6.61 Å². The van der Waals surface area contributed by atoms with E-state index in [0.717, 1.165) is 12.8 Å². The van der Waals surface area contributed by atoms with Crippen molar-refractivity contribution in [2.24, 2.45) is 5.92 Å². The Kier molecular flexibility index (Phi) is 5.99. The lowest BCUT2D eigenvalue weighted by Crippen LogP contribution is -2.03. The Bertz CT molecular complexity index is 101. The second-order valence-electron chi connectivity index (χ2n) is 2.26. The molecule has 62 valence electrons. The van der Waals surface area contributed by atoms with Crippen LogP contribution < -0.4 is 0 Å². The van der Waals surface area contributed by atoms with E-state index in [1.807, 2.05) is 13.8 Å². The van der Waals surface area contributed by atoms with E-state index in [1.54, 1.807) is 0 Å². The molecule has 1 unspecified atom stereocenters. The molecule has 0 aliphatic carbocycles. The van der Waals surface area contributed by atoms with Crippen molar-refractivity contribution in [3.05, 3.63) is 0 Å². The van der Waals surface area contributed by atoms with Gasteiger partial charge in [-0.2, -0.15) is 0 Å². The molecule has 10 heavy (non-hydrogen) atoms. The van der Waals surface area contributed by atoms with E-state index in [9.17, 15) is 4.57 Å². The Hall–Kier alpha value is 0.150.